The standard InChI is InChI=1S/C37H40Cl2N2O2/c1-26(2)43-32-13-9-12-30(23-32)24-36(42)41-19-8-7-14-33(31-15-16-34(38)35(39)25-31)37(41)27(3)40-20-17-29(18-21-40)22-28-10-5-4-6-11-28/h4-16,19,23,25-27,29H,17-18,20-22,24H2,1-3H3. The van der Waals surface area contributed by atoms with Crippen molar-refractivity contribution in [1.29, 1.82) is 0 Å². The number of amides is 1. The van der Waals surface area contributed by atoms with Gasteiger partial charge in [-0.25, -0.2) is 0 Å². The monoisotopic (exact) mass is 614 g/mol. The summed E-state index contributed by atoms with van der Waals surface area (Å²) in [7, 11) is 0. The molecule has 6 heteroatoms. The Balaban J connectivity index is 1.44. The number of halogens is 2. The minimum atomic E-state index is -0.00547. The predicted octanol–water partition coefficient (Wildman–Crippen LogP) is 8.99. The molecule has 1 unspecified atom stereocenters. The highest BCUT2D eigenvalue weighted by Gasteiger charge is 2.31. The molecule has 0 radical (unpaired) electrons. The summed E-state index contributed by atoms with van der Waals surface area (Å²) in [5.74, 6) is 1.42. The minimum absolute atomic E-state index is 0.0000194. The average molecular weight is 616 g/mol. The maximum atomic E-state index is 14.1. The van der Waals surface area contributed by atoms with Gasteiger partial charge in [-0.1, -0.05) is 83.9 Å². The number of hydrogen-bond donors (Lipinski definition) is 0. The fraction of sp³-hybridized carbons (Fsp3) is 0.324. The maximum absolute atomic E-state index is 14.1. The molecule has 1 atom stereocenters. The number of nitrogens with zero attached hydrogens (tertiary/aromatic N) is 2. The van der Waals surface area contributed by atoms with E-state index in [0.717, 1.165) is 60.5 Å². The Labute approximate surface area is 266 Å². The smallest absolute Gasteiger partial charge is 0.235 e. The van der Waals surface area contributed by atoms with Crippen LogP contribution in [0.4, 0.5) is 0 Å². The zero-order valence-electron chi connectivity index (χ0n) is 25.2. The van der Waals surface area contributed by atoms with Gasteiger partial charge in [0.2, 0.25) is 5.91 Å². The lowest BCUT2D eigenvalue weighted by molar-refractivity contribution is -0.126. The van der Waals surface area contributed by atoms with Gasteiger partial charge in [-0.2, -0.15) is 0 Å². The molecule has 0 spiro atoms. The Hall–Kier alpha value is -3.31. The van der Waals surface area contributed by atoms with Crippen molar-refractivity contribution < 1.29 is 9.53 Å². The molecule has 5 rings (SSSR count). The highest BCUT2D eigenvalue weighted by molar-refractivity contribution is 6.42. The molecule has 0 aliphatic carbocycles. The number of carbonyl (C=O) groups excluding carboxylic acids is 1. The predicted molar refractivity (Wildman–Crippen MR) is 178 cm³/mol. The Bertz CT molecular complexity index is 1500. The topological polar surface area (TPSA) is 32.8 Å². The SMILES string of the molecule is CC(C)Oc1cccc(CC(=O)N2C=CC=CC(c3ccc(Cl)c(Cl)c3)=C2C(C)N2CCC(Cc3ccccc3)CC2)c1. The molecule has 1 saturated heterocycles. The Morgan fingerprint density at radius 3 is 2.35 bits per heavy atom. The fourth-order valence-electron chi connectivity index (χ4n) is 6.06. The van der Waals surface area contributed by atoms with Gasteiger partial charge in [-0.3, -0.25) is 14.6 Å². The summed E-state index contributed by atoms with van der Waals surface area (Å²) in [6, 6.07) is 24.3. The number of carbonyl (C=O) groups is 1. The van der Waals surface area contributed by atoms with Crippen molar-refractivity contribution in [2.75, 3.05) is 13.1 Å². The van der Waals surface area contributed by atoms with Gasteiger partial charge in [0.1, 0.15) is 5.75 Å². The van der Waals surface area contributed by atoms with Crippen molar-refractivity contribution in [2.45, 2.75) is 58.6 Å². The first-order valence-electron chi connectivity index (χ1n) is 15.2. The summed E-state index contributed by atoms with van der Waals surface area (Å²) in [6.45, 7) is 8.16. The van der Waals surface area contributed by atoms with Crippen LogP contribution in [0, 0.1) is 5.92 Å². The minimum Gasteiger partial charge on any atom is -0.491 e. The lowest BCUT2D eigenvalue weighted by Crippen LogP contribution is -2.45. The van der Waals surface area contributed by atoms with E-state index >= 15 is 0 Å². The second kappa shape index (κ2) is 14.4. The molecule has 43 heavy (non-hydrogen) atoms. The highest BCUT2D eigenvalue weighted by atomic mass is 35.5. The van der Waals surface area contributed by atoms with Gasteiger partial charge in [-0.15, -0.1) is 0 Å². The summed E-state index contributed by atoms with van der Waals surface area (Å²) < 4.78 is 5.89. The first-order valence-corrected chi connectivity index (χ1v) is 15.9. The van der Waals surface area contributed by atoms with Crippen molar-refractivity contribution in [3.05, 3.63) is 130 Å². The van der Waals surface area contributed by atoms with Crippen LogP contribution in [0.25, 0.3) is 5.57 Å². The van der Waals surface area contributed by atoms with E-state index in [1.54, 1.807) is 0 Å². The molecule has 224 valence electrons. The van der Waals surface area contributed by atoms with E-state index in [9.17, 15) is 4.79 Å². The molecular weight excluding hydrogens is 575 g/mol. The van der Waals surface area contributed by atoms with E-state index < -0.39 is 0 Å². The third-order valence-corrected chi connectivity index (χ3v) is 8.97. The van der Waals surface area contributed by atoms with Crippen LogP contribution in [-0.4, -0.2) is 40.9 Å². The van der Waals surface area contributed by atoms with Gasteiger partial charge < -0.3 is 4.74 Å². The first-order chi connectivity index (χ1) is 20.8. The third kappa shape index (κ3) is 8.00. The van der Waals surface area contributed by atoms with Gasteiger partial charge >= 0.3 is 0 Å². The molecule has 0 bridgehead atoms. The van der Waals surface area contributed by atoms with Crippen molar-refractivity contribution >= 4 is 34.7 Å². The summed E-state index contributed by atoms with van der Waals surface area (Å²) in [6.07, 6.45) is 11.6. The summed E-state index contributed by atoms with van der Waals surface area (Å²) in [4.78, 5) is 18.5. The molecule has 0 saturated carbocycles. The molecule has 1 fully saturated rings. The van der Waals surface area contributed by atoms with Crippen LogP contribution in [-0.2, 0) is 17.6 Å². The Morgan fingerprint density at radius 2 is 1.63 bits per heavy atom. The average Bonchev–Trinajstić information content (AvgIpc) is 3.22. The molecule has 2 heterocycles. The largest absolute Gasteiger partial charge is 0.491 e. The summed E-state index contributed by atoms with van der Waals surface area (Å²) in [5, 5.41) is 0.999. The second-order valence-corrected chi connectivity index (χ2v) is 12.5. The van der Waals surface area contributed by atoms with E-state index in [0.29, 0.717) is 16.0 Å². The molecule has 0 aromatic heterocycles. The van der Waals surface area contributed by atoms with E-state index in [2.05, 4.69) is 48.2 Å². The van der Waals surface area contributed by atoms with Crippen LogP contribution in [0.2, 0.25) is 10.0 Å². The van der Waals surface area contributed by atoms with Gasteiger partial charge in [0.25, 0.3) is 0 Å². The van der Waals surface area contributed by atoms with Crippen molar-refractivity contribution in [3.8, 4) is 5.75 Å². The molecule has 4 nitrogen and oxygen atoms in total. The zero-order chi connectivity index (χ0) is 30.3. The molecule has 2 aliphatic rings. The Kier molecular flexibility index (Phi) is 10.5. The third-order valence-electron chi connectivity index (χ3n) is 8.23. The lowest BCUT2D eigenvalue weighted by Gasteiger charge is -2.40. The van der Waals surface area contributed by atoms with Crippen molar-refractivity contribution in [1.82, 2.24) is 9.80 Å². The molecule has 3 aromatic carbocycles. The van der Waals surface area contributed by atoms with E-state index in [-0.39, 0.29) is 24.5 Å². The van der Waals surface area contributed by atoms with Gasteiger partial charge in [0.05, 0.1) is 28.3 Å². The number of piperidine rings is 1. The van der Waals surface area contributed by atoms with Crippen LogP contribution in [0.3, 0.4) is 0 Å². The number of benzene rings is 3. The second-order valence-electron chi connectivity index (χ2n) is 11.7. The normalized spacial score (nSPS) is 16.9. The van der Waals surface area contributed by atoms with Crippen LogP contribution in [0.15, 0.2) is 103 Å². The maximum Gasteiger partial charge on any atom is 0.235 e. The number of hydrogen-bond acceptors (Lipinski definition) is 3. The Morgan fingerprint density at radius 1 is 0.884 bits per heavy atom. The van der Waals surface area contributed by atoms with Crippen molar-refractivity contribution in [3.63, 3.8) is 0 Å². The first kappa shape index (κ1) is 31.1. The van der Waals surface area contributed by atoms with Crippen molar-refractivity contribution in [2.24, 2.45) is 5.92 Å². The van der Waals surface area contributed by atoms with Crippen LogP contribution < -0.4 is 4.74 Å². The molecule has 1 amide bonds. The fourth-order valence-corrected chi connectivity index (χ4v) is 6.36. The number of ether oxygens (including phenoxy) is 1. The molecule has 0 N–H and O–H groups in total. The van der Waals surface area contributed by atoms with E-state index in [4.69, 9.17) is 27.9 Å². The molecular formula is C37H40Cl2N2O2. The van der Waals surface area contributed by atoms with E-state index in [1.165, 1.54) is 5.56 Å². The quantitative estimate of drug-likeness (QED) is 0.241. The number of likely N-dealkylation sites (tertiary alicyclic amines) is 1. The lowest BCUT2D eigenvalue weighted by atomic mass is 9.89. The number of rotatable bonds is 9. The molecule has 2 aliphatic heterocycles. The highest BCUT2D eigenvalue weighted by Crippen LogP contribution is 2.35. The van der Waals surface area contributed by atoms with E-state index in [1.807, 2.05) is 79.6 Å². The molecule has 3 aromatic rings. The summed E-state index contributed by atoms with van der Waals surface area (Å²) >= 11 is 12.8. The zero-order valence-corrected chi connectivity index (χ0v) is 26.7. The van der Waals surface area contributed by atoms with Gasteiger partial charge in [-0.05, 0) is 106 Å². The van der Waals surface area contributed by atoms with Crippen LogP contribution >= 0.6 is 23.2 Å². The van der Waals surface area contributed by atoms with Gasteiger partial charge in [0, 0.05) is 17.8 Å². The number of allylic oxidation sites excluding steroid dienone is 4. The van der Waals surface area contributed by atoms with Crippen LogP contribution in [0.1, 0.15) is 50.3 Å². The van der Waals surface area contributed by atoms with Crippen LogP contribution in [0.5, 0.6) is 5.75 Å². The van der Waals surface area contributed by atoms with Gasteiger partial charge in [0.15, 0.2) is 0 Å². The summed E-state index contributed by atoms with van der Waals surface area (Å²) in [5.41, 5.74) is 5.16.